The summed E-state index contributed by atoms with van der Waals surface area (Å²) in [6.07, 6.45) is 0.295. The van der Waals surface area contributed by atoms with Crippen LogP contribution in [-0.2, 0) is 19.1 Å². The van der Waals surface area contributed by atoms with Crippen molar-refractivity contribution in [1.29, 1.82) is 0 Å². The van der Waals surface area contributed by atoms with Gasteiger partial charge < -0.3 is 20.9 Å². The standard InChI is InChI=1S/C9H14N2O5/c10-7(12)4-5(9(14)15)11-8(13)6-2-1-3-16-6/h5-6H,1-4H2,(H2,10,12)(H,11,13)(H,14,15)/t5-,6+/m1/s1. The highest BCUT2D eigenvalue weighted by atomic mass is 16.5. The lowest BCUT2D eigenvalue weighted by atomic mass is 10.1. The number of carbonyl (C=O) groups excluding carboxylic acids is 2. The van der Waals surface area contributed by atoms with Crippen LogP contribution in [0.1, 0.15) is 19.3 Å². The molecule has 1 fully saturated rings. The summed E-state index contributed by atoms with van der Waals surface area (Å²) >= 11 is 0. The van der Waals surface area contributed by atoms with Crippen LogP contribution in [0, 0.1) is 0 Å². The first-order valence-corrected chi connectivity index (χ1v) is 4.94. The predicted octanol–water partition coefficient (Wildman–Crippen LogP) is -1.39. The van der Waals surface area contributed by atoms with Crippen molar-refractivity contribution in [3.63, 3.8) is 0 Å². The Labute approximate surface area is 91.9 Å². The van der Waals surface area contributed by atoms with E-state index in [1.807, 2.05) is 0 Å². The minimum absolute atomic E-state index is 0.423. The molecule has 0 aliphatic carbocycles. The lowest BCUT2D eigenvalue weighted by Crippen LogP contribution is -2.47. The third-order valence-electron chi connectivity index (χ3n) is 2.24. The van der Waals surface area contributed by atoms with Crippen LogP contribution in [0.3, 0.4) is 0 Å². The van der Waals surface area contributed by atoms with Crippen molar-refractivity contribution in [3.05, 3.63) is 0 Å². The molecule has 4 N–H and O–H groups in total. The van der Waals surface area contributed by atoms with Gasteiger partial charge in [0.1, 0.15) is 12.1 Å². The first-order valence-electron chi connectivity index (χ1n) is 4.94. The highest BCUT2D eigenvalue weighted by Gasteiger charge is 2.28. The quantitative estimate of drug-likeness (QED) is 0.537. The number of amides is 2. The molecule has 1 rings (SSSR count). The molecule has 2 amide bonds. The van der Waals surface area contributed by atoms with Gasteiger partial charge in [-0.05, 0) is 12.8 Å². The van der Waals surface area contributed by atoms with Crippen molar-refractivity contribution >= 4 is 17.8 Å². The smallest absolute Gasteiger partial charge is 0.326 e. The summed E-state index contributed by atoms with van der Waals surface area (Å²) in [5.74, 6) is -2.57. The number of nitrogens with two attached hydrogens (primary N) is 1. The fourth-order valence-corrected chi connectivity index (χ4v) is 1.45. The lowest BCUT2D eigenvalue weighted by Gasteiger charge is -2.15. The molecule has 2 atom stereocenters. The van der Waals surface area contributed by atoms with E-state index in [2.05, 4.69) is 5.32 Å². The summed E-state index contributed by atoms with van der Waals surface area (Å²) in [6, 6.07) is -1.28. The molecule has 0 aromatic carbocycles. The Hall–Kier alpha value is -1.63. The number of carboxylic acids is 1. The molecule has 0 radical (unpaired) electrons. The molecule has 7 heteroatoms. The topological polar surface area (TPSA) is 119 Å². The molecule has 1 aliphatic rings. The van der Waals surface area contributed by atoms with Crippen molar-refractivity contribution in [2.24, 2.45) is 5.73 Å². The van der Waals surface area contributed by atoms with E-state index in [0.717, 1.165) is 6.42 Å². The molecule has 1 heterocycles. The molecule has 7 nitrogen and oxygen atoms in total. The van der Waals surface area contributed by atoms with Gasteiger partial charge in [0.05, 0.1) is 6.42 Å². The Morgan fingerprint density at radius 2 is 2.19 bits per heavy atom. The fourth-order valence-electron chi connectivity index (χ4n) is 1.45. The monoisotopic (exact) mass is 230 g/mol. The average molecular weight is 230 g/mol. The van der Waals surface area contributed by atoms with E-state index in [1.165, 1.54) is 0 Å². The maximum Gasteiger partial charge on any atom is 0.326 e. The van der Waals surface area contributed by atoms with Crippen LogP contribution in [0.25, 0.3) is 0 Å². The zero-order valence-electron chi connectivity index (χ0n) is 8.64. The van der Waals surface area contributed by atoms with Gasteiger partial charge in [-0.1, -0.05) is 0 Å². The summed E-state index contributed by atoms with van der Waals surface area (Å²) in [5, 5.41) is 11.0. The number of rotatable bonds is 5. The van der Waals surface area contributed by atoms with E-state index < -0.39 is 36.4 Å². The van der Waals surface area contributed by atoms with Crippen LogP contribution in [0.4, 0.5) is 0 Å². The van der Waals surface area contributed by atoms with Crippen molar-refractivity contribution < 1.29 is 24.2 Å². The highest BCUT2D eigenvalue weighted by Crippen LogP contribution is 2.12. The summed E-state index contributed by atoms with van der Waals surface area (Å²) in [7, 11) is 0. The first-order chi connectivity index (χ1) is 7.50. The van der Waals surface area contributed by atoms with Crippen LogP contribution in [0.2, 0.25) is 0 Å². The second-order valence-corrected chi connectivity index (χ2v) is 3.57. The number of ether oxygens (including phenoxy) is 1. The van der Waals surface area contributed by atoms with Crippen molar-refractivity contribution in [1.82, 2.24) is 5.32 Å². The number of hydrogen-bond acceptors (Lipinski definition) is 4. The normalized spacial score (nSPS) is 21.4. The van der Waals surface area contributed by atoms with Crippen molar-refractivity contribution in [3.8, 4) is 0 Å². The molecule has 90 valence electrons. The second-order valence-electron chi connectivity index (χ2n) is 3.57. The minimum Gasteiger partial charge on any atom is -0.480 e. The number of carboxylic acid groups (broad SMARTS) is 1. The third kappa shape index (κ3) is 3.50. The Balaban J connectivity index is 2.50. The molecule has 0 saturated carbocycles. The van der Waals surface area contributed by atoms with E-state index in [4.69, 9.17) is 15.6 Å². The van der Waals surface area contributed by atoms with E-state index in [0.29, 0.717) is 13.0 Å². The zero-order valence-corrected chi connectivity index (χ0v) is 8.64. The average Bonchev–Trinajstić information content (AvgIpc) is 2.68. The Bertz CT molecular complexity index is 298. The maximum absolute atomic E-state index is 11.5. The zero-order chi connectivity index (χ0) is 12.1. The van der Waals surface area contributed by atoms with E-state index >= 15 is 0 Å². The van der Waals surface area contributed by atoms with Gasteiger partial charge in [0, 0.05) is 6.61 Å². The first kappa shape index (κ1) is 12.4. The predicted molar refractivity (Wildman–Crippen MR) is 52.4 cm³/mol. The Morgan fingerprint density at radius 3 is 2.62 bits per heavy atom. The van der Waals surface area contributed by atoms with Crippen LogP contribution in [0.15, 0.2) is 0 Å². The Kier molecular flexibility index (Phi) is 4.24. The SMILES string of the molecule is NC(=O)C[C@@H](NC(=O)[C@@H]1CCCO1)C(=O)O. The van der Waals surface area contributed by atoms with Gasteiger partial charge in [-0.15, -0.1) is 0 Å². The van der Waals surface area contributed by atoms with Crippen LogP contribution < -0.4 is 11.1 Å². The Morgan fingerprint density at radius 1 is 1.50 bits per heavy atom. The molecule has 0 aromatic rings. The van der Waals surface area contributed by atoms with Gasteiger partial charge >= 0.3 is 5.97 Å². The van der Waals surface area contributed by atoms with E-state index in [9.17, 15) is 14.4 Å². The van der Waals surface area contributed by atoms with Crippen LogP contribution >= 0.6 is 0 Å². The molecule has 1 aliphatic heterocycles. The molecule has 0 bridgehead atoms. The molecule has 0 spiro atoms. The summed E-state index contributed by atoms with van der Waals surface area (Å²) in [5.41, 5.74) is 4.88. The molecule has 16 heavy (non-hydrogen) atoms. The molecule has 0 aromatic heterocycles. The van der Waals surface area contributed by atoms with Gasteiger partial charge in [-0.25, -0.2) is 4.79 Å². The molecular weight excluding hydrogens is 216 g/mol. The van der Waals surface area contributed by atoms with Crippen molar-refractivity contribution in [2.75, 3.05) is 6.61 Å². The molecule has 0 unspecified atom stereocenters. The number of nitrogens with one attached hydrogen (secondary N) is 1. The summed E-state index contributed by atoms with van der Waals surface area (Å²) < 4.78 is 5.08. The van der Waals surface area contributed by atoms with Gasteiger partial charge in [0.2, 0.25) is 11.8 Å². The summed E-state index contributed by atoms with van der Waals surface area (Å²) in [4.78, 5) is 32.8. The molecular formula is C9H14N2O5. The number of primary amides is 1. The van der Waals surface area contributed by atoms with Gasteiger partial charge in [-0.2, -0.15) is 0 Å². The number of carbonyl (C=O) groups is 3. The lowest BCUT2D eigenvalue weighted by molar-refractivity contribution is -0.144. The van der Waals surface area contributed by atoms with Crippen molar-refractivity contribution in [2.45, 2.75) is 31.4 Å². The van der Waals surface area contributed by atoms with Gasteiger partial charge in [0.25, 0.3) is 0 Å². The fraction of sp³-hybridized carbons (Fsp3) is 0.667. The number of hydrogen-bond donors (Lipinski definition) is 3. The van der Waals surface area contributed by atoms with Gasteiger partial charge in [-0.3, -0.25) is 9.59 Å². The molecule has 1 saturated heterocycles. The van der Waals surface area contributed by atoms with E-state index in [1.54, 1.807) is 0 Å². The largest absolute Gasteiger partial charge is 0.480 e. The minimum atomic E-state index is -1.29. The highest BCUT2D eigenvalue weighted by molar-refractivity contribution is 5.89. The van der Waals surface area contributed by atoms with Crippen LogP contribution in [-0.4, -0.2) is 41.6 Å². The third-order valence-corrected chi connectivity index (χ3v) is 2.24. The number of aliphatic carboxylic acids is 1. The maximum atomic E-state index is 11.5. The van der Waals surface area contributed by atoms with Crippen LogP contribution in [0.5, 0.6) is 0 Å². The second kappa shape index (κ2) is 5.45. The van der Waals surface area contributed by atoms with Gasteiger partial charge in [0.15, 0.2) is 0 Å². The summed E-state index contributed by atoms with van der Waals surface area (Å²) in [6.45, 7) is 0.492. The van der Waals surface area contributed by atoms with E-state index in [-0.39, 0.29) is 0 Å².